The molecule has 2 nitrogen and oxygen atoms in total. The largest absolute Gasteiger partial charge is 0.326 e. The highest BCUT2D eigenvalue weighted by atomic mass is 79.9. The topological polar surface area (TPSA) is 29.3 Å². The first kappa shape index (κ1) is 13.1. The number of nitrogens with zero attached hydrogens (tertiary/aromatic N) is 1. The van der Waals surface area contributed by atoms with Gasteiger partial charge in [-0.25, -0.2) is 0 Å². The number of rotatable bonds is 4. The van der Waals surface area contributed by atoms with Gasteiger partial charge in [0.2, 0.25) is 0 Å². The first-order valence-corrected chi connectivity index (χ1v) is 7.12. The highest BCUT2D eigenvalue weighted by Crippen LogP contribution is 2.33. The average molecular weight is 297 g/mol. The predicted octanol–water partition coefficient (Wildman–Crippen LogP) is 3.32. The van der Waals surface area contributed by atoms with Gasteiger partial charge in [0.25, 0.3) is 0 Å². The van der Waals surface area contributed by atoms with Crippen molar-refractivity contribution in [3.63, 3.8) is 0 Å². The molecular weight excluding hydrogens is 276 g/mol. The lowest BCUT2D eigenvalue weighted by atomic mass is 9.88. The second-order valence-corrected chi connectivity index (χ2v) is 6.02. The highest BCUT2D eigenvalue weighted by molar-refractivity contribution is 9.10. The zero-order valence-corrected chi connectivity index (χ0v) is 12.2. The van der Waals surface area contributed by atoms with Gasteiger partial charge in [-0.15, -0.1) is 0 Å². The minimum Gasteiger partial charge on any atom is -0.326 e. The molecule has 0 saturated heterocycles. The van der Waals surface area contributed by atoms with E-state index in [2.05, 4.69) is 59.1 Å². The smallest absolute Gasteiger partial charge is 0.0496 e. The van der Waals surface area contributed by atoms with Crippen LogP contribution in [0.25, 0.3) is 0 Å². The molecule has 17 heavy (non-hydrogen) atoms. The SMILES string of the molecule is CC(N)C(c1cccc(Br)c1)N(C)C1CCC1. The minimum absolute atomic E-state index is 0.148. The minimum atomic E-state index is 0.148. The second-order valence-electron chi connectivity index (χ2n) is 5.11. The van der Waals surface area contributed by atoms with Crippen LogP contribution in [0.3, 0.4) is 0 Å². The zero-order chi connectivity index (χ0) is 12.4. The van der Waals surface area contributed by atoms with E-state index in [0.717, 1.165) is 4.47 Å². The van der Waals surface area contributed by atoms with E-state index in [0.29, 0.717) is 12.1 Å². The Morgan fingerprint density at radius 1 is 1.41 bits per heavy atom. The summed E-state index contributed by atoms with van der Waals surface area (Å²) in [6.07, 6.45) is 3.99. The summed E-state index contributed by atoms with van der Waals surface area (Å²) in [4.78, 5) is 2.45. The van der Waals surface area contributed by atoms with Crippen molar-refractivity contribution in [3.8, 4) is 0 Å². The van der Waals surface area contributed by atoms with E-state index in [1.54, 1.807) is 0 Å². The molecule has 1 aliphatic rings. The van der Waals surface area contributed by atoms with E-state index in [1.807, 2.05) is 0 Å². The first-order valence-electron chi connectivity index (χ1n) is 6.32. The Labute approximate surface area is 112 Å². The van der Waals surface area contributed by atoms with Crippen LogP contribution in [-0.2, 0) is 0 Å². The first-order chi connectivity index (χ1) is 8.09. The van der Waals surface area contributed by atoms with Crippen LogP contribution in [0.1, 0.15) is 37.8 Å². The van der Waals surface area contributed by atoms with E-state index in [4.69, 9.17) is 5.73 Å². The van der Waals surface area contributed by atoms with Crippen molar-refractivity contribution in [3.05, 3.63) is 34.3 Å². The van der Waals surface area contributed by atoms with Crippen LogP contribution < -0.4 is 5.73 Å². The van der Waals surface area contributed by atoms with Crippen molar-refractivity contribution < 1.29 is 0 Å². The Hall–Kier alpha value is -0.380. The molecule has 0 spiro atoms. The summed E-state index contributed by atoms with van der Waals surface area (Å²) in [5.41, 5.74) is 7.49. The molecule has 2 N–H and O–H groups in total. The Bertz CT molecular complexity index is 374. The van der Waals surface area contributed by atoms with Crippen molar-refractivity contribution in [2.75, 3.05) is 7.05 Å². The van der Waals surface area contributed by atoms with E-state index in [-0.39, 0.29) is 6.04 Å². The fourth-order valence-electron chi connectivity index (χ4n) is 2.62. The molecule has 1 fully saturated rings. The van der Waals surface area contributed by atoms with E-state index in [9.17, 15) is 0 Å². The van der Waals surface area contributed by atoms with Gasteiger partial charge in [-0.05, 0) is 44.5 Å². The van der Waals surface area contributed by atoms with Crippen LogP contribution in [0.15, 0.2) is 28.7 Å². The third-order valence-corrected chi connectivity index (χ3v) is 4.27. The zero-order valence-electron chi connectivity index (χ0n) is 10.6. The van der Waals surface area contributed by atoms with Gasteiger partial charge in [-0.1, -0.05) is 34.5 Å². The van der Waals surface area contributed by atoms with Crippen LogP contribution in [0.2, 0.25) is 0 Å². The van der Waals surface area contributed by atoms with Crippen LogP contribution in [-0.4, -0.2) is 24.0 Å². The summed E-state index contributed by atoms with van der Waals surface area (Å²) in [7, 11) is 2.21. The quantitative estimate of drug-likeness (QED) is 0.923. The molecule has 0 heterocycles. The lowest BCUT2D eigenvalue weighted by Gasteiger charge is -2.41. The van der Waals surface area contributed by atoms with Gasteiger partial charge in [0.1, 0.15) is 0 Å². The molecule has 0 amide bonds. The standard InChI is InChI=1S/C14H21BrN2/c1-10(16)14(17(2)13-7-4-8-13)11-5-3-6-12(15)9-11/h3,5-6,9-10,13-14H,4,7-8,16H2,1-2H3. The van der Waals surface area contributed by atoms with Gasteiger partial charge in [-0.2, -0.15) is 0 Å². The molecule has 1 aliphatic carbocycles. The molecule has 0 aromatic heterocycles. The molecule has 94 valence electrons. The van der Waals surface area contributed by atoms with Gasteiger partial charge in [0.15, 0.2) is 0 Å². The molecule has 1 saturated carbocycles. The predicted molar refractivity (Wildman–Crippen MR) is 75.9 cm³/mol. The summed E-state index contributed by atoms with van der Waals surface area (Å²) in [6.45, 7) is 2.10. The highest BCUT2D eigenvalue weighted by Gasteiger charge is 2.30. The summed E-state index contributed by atoms with van der Waals surface area (Å²) >= 11 is 3.54. The van der Waals surface area contributed by atoms with Crippen molar-refractivity contribution in [1.82, 2.24) is 4.90 Å². The molecule has 2 atom stereocenters. The molecule has 2 unspecified atom stereocenters. The molecular formula is C14H21BrN2. The maximum Gasteiger partial charge on any atom is 0.0496 e. The van der Waals surface area contributed by atoms with Gasteiger partial charge >= 0.3 is 0 Å². The normalized spacial score (nSPS) is 20.1. The summed E-state index contributed by atoms with van der Waals surface area (Å²) < 4.78 is 1.13. The number of nitrogens with two attached hydrogens (primary N) is 1. The number of hydrogen-bond acceptors (Lipinski definition) is 2. The average Bonchev–Trinajstić information content (AvgIpc) is 2.14. The van der Waals surface area contributed by atoms with Crippen molar-refractivity contribution in [2.45, 2.75) is 44.3 Å². The van der Waals surface area contributed by atoms with Crippen molar-refractivity contribution >= 4 is 15.9 Å². The van der Waals surface area contributed by atoms with Gasteiger partial charge in [-0.3, -0.25) is 4.90 Å². The molecule has 0 bridgehead atoms. The van der Waals surface area contributed by atoms with Gasteiger partial charge < -0.3 is 5.73 Å². The number of likely N-dealkylation sites (N-methyl/N-ethyl adjacent to an activating group) is 1. The van der Waals surface area contributed by atoms with Gasteiger partial charge in [0.05, 0.1) is 0 Å². The Morgan fingerprint density at radius 3 is 2.59 bits per heavy atom. The molecule has 1 aromatic carbocycles. The molecule has 0 aliphatic heterocycles. The fraction of sp³-hybridized carbons (Fsp3) is 0.571. The number of hydrogen-bond donors (Lipinski definition) is 1. The Kier molecular flexibility index (Phi) is 4.23. The molecule has 2 rings (SSSR count). The van der Waals surface area contributed by atoms with Crippen LogP contribution in [0, 0.1) is 0 Å². The maximum atomic E-state index is 6.18. The van der Waals surface area contributed by atoms with E-state index >= 15 is 0 Å². The lowest BCUT2D eigenvalue weighted by molar-refractivity contribution is 0.0979. The Morgan fingerprint density at radius 2 is 2.12 bits per heavy atom. The molecule has 3 heteroatoms. The third-order valence-electron chi connectivity index (χ3n) is 3.78. The fourth-order valence-corrected chi connectivity index (χ4v) is 3.04. The Balaban J connectivity index is 2.21. The van der Waals surface area contributed by atoms with E-state index < -0.39 is 0 Å². The summed E-state index contributed by atoms with van der Waals surface area (Å²) in [6, 6.07) is 9.68. The second kappa shape index (κ2) is 5.51. The molecule has 1 aromatic rings. The van der Waals surface area contributed by atoms with Gasteiger partial charge in [0, 0.05) is 22.6 Å². The summed E-state index contributed by atoms with van der Waals surface area (Å²) in [5, 5.41) is 0. The lowest BCUT2D eigenvalue weighted by Crippen LogP contribution is -2.45. The number of halogens is 1. The van der Waals surface area contributed by atoms with Crippen LogP contribution in [0.5, 0.6) is 0 Å². The maximum absolute atomic E-state index is 6.18. The van der Waals surface area contributed by atoms with Crippen molar-refractivity contribution in [2.24, 2.45) is 5.73 Å². The molecule has 0 radical (unpaired) electrons. The monoisotopic (exact) mass is 296 g/mol. The van der Waals surface area contributed by atoms with E-state index in [1.165, 1.54) is 24.8 Å². The summed E-state index contributed by atoms with van der Waals surface area (Å²) in [5.74, 6) is 0. The van der Waals surface area contributed by atoms with Crippen molar-refractivity contribution in [1.29, 1.82) is 0 Å². The third kappa shape index (κ3) is 2.90. The van der Waals surface area contributed by atoms with Crippen LogP contribution >= 0.6 is 15.9 Å². The number of benzene rings is 1. The van der Waals surface area contributed by atoms with Crippen LogP contribution in [0.4, 0.5) is 0 Å².